The number of ether oxygens (including phenoxy) is 2. The molecule has 3 aromatic rings. The Morgan fingerprint density at radius 1 is 0.833 bits per heavy atom. The first-order valence-electron chi connectivity index (χ1n) is 12.9. The summed E-state index contributed by atoms with van der Waals surface area (Å²) in [6, 6.07) is 29.4. The molecular weight excluding hydrogens is 464 g/mol. The SMILES string of the molecule is COc1ccc(CO[C@@H](CCCO)[C@@H](C)CO[Si](c2ccccc2)(c2ccccc2)C(C)(C)C)cc1. The molecule has 5 heteroatoms. The summed E-state index contributed by atoms with van der Waals surface area (Å²) in [4.78, 5) is 0. The van der Waals surface area contributed by atoms with E-state index in [0.717, 1.165) is 17.7 Å². The van der Waals surface area contributed by atoms with Crippen LogP contribution in [0.25, 0.3) is 0 Å². The van der Waals surface area contributed by atoms with Crippen LogP contribution in [0, 0.1) is 5.92 Å². The van der Waals surface area contributed by atoms with Crippen molar-refractivity contribution in [2.45, 2.75) is 58.3 Å². The molecule has 0 aliphatic heterocycles. The maximum absolute atomic E-state index is 9.51. The quantitative estimate of drug-likeness (QED) is 0.308. The van der Waals surface area contributed by atoms with E-state index in [-0.39, 0.29) is 23.7 Å². The van der Waals surface area contributed by atoms with E-state index in [4.69, 9.17) is 13.9 Å². The smallest absolute Gasteiger partial charge is 0.261 e. The van der Waals surface area contributed by atoms with Crippen LogP contribution in [0.3, 0.4) is 0 Å². The monoisotopic (exact) mass is 506 g/mol. The second-order valence-electron chi connectivity index (χ2n) is 10.5. The first-order valence-corrected chi connectivity index (χ1v) is 14.8. The third kappa shape index (κ3) is 6.86. The Hall–Kier alpha value is -2.44. The van der Waals surface area contributed by atoms with Crippen LogP contribution in [0.15, 0.2) is 84.9 Å². The van der Waals surface area contributed by atoms with Crippen LogP contribution < -0.4 is 15.1 Å². The van der Waals surface area contributed by atoms with Crippen molar-refractivity contribution in [2.24, 2.45) is 5.92 Å². The van der Waals surface area contributed by atoms with E-state index in [2.05, 4.69) is 88.4 Å². The molecule has 0 fully saturated rings. The minimum absolute atomic E-state index is 0.0162. The molecule has 0 unspecified atom stereocenters. The van der Waals surface area contributed by atoms with Crippen molar-refractivity contribution in [1.82, 2.24) is 0 Å². The summed E-state index contributed by atoms with van der Waals surface area (Å²) in [5, 5.41) is 12.0. The summed E-state index contributed by atoms with van der Waals surface area (Å²) in [5.74, 6) is 0.999. The lowest BCUT2D eigenvalue weighted by atomic mass is 10.0. The molecule has 194 valence electrons. The van der Waals surface area contributed by atoms with Gasteiger partial charge >= 0.3 is 0 Å². The lowest BCUT2D eigenvalue weighted by molar-refractivity contribution is -0.0163. The Kier molecular flexibility index (Phi) is 10.3. The van der Waals surface area contributed by atoms with Gasteiger partial charge in [-0.15, -0.1) is 0 Å². The molecule has 0 heterocycles. The van der Waals surface area contributed by atoms with E-state index in [0.29, 0.717) is 19.6 Å². The van der Waals surface area contributed by atoms with Crippen LogP contribution in [-0.4, -0.2) is 39.9 Å². The first-order chi connectivity index (χ1) is 17.3. The van der Waals surface area contributed by atoms with Crippen LogP contribution >= 0.6 is 0 Å². The minimum Gasteiger partial charge on any atom is -0.497 e. The second kappa shape index (κ2) is 13.2. The van der Waals surface area contributed by atoms with Gasteiger partial charge in [0.05, 0.1) is 19.8 Å². The Morgan fingerprint density at radius 3 is 1.86 bits per heavy atom. The van der Waals surface area contributed by atoms with Gasteiger partial charge in [-0.05, 0) is 45.9 Å². The van der Waals surface area contributed by atoms with Crippen molar-refractivity contribution < 1.29 is 19.0 Å². The fourth-order valence-corrected chi connectivity index (χ4v) is 9.54. The van der Waals surface area contributed by atoms with Crippen molar-refractivity contribution in [3.05, 3.63) is 90.5 Å². The lowest BCUT2D eigenvalue weighted by Crippen LogP contribution is -2.67. The summed E-state index contributed by atoms with van der Waals surface area (Å²) in [5.41, 5.74) is 1.10. The van der Waals surface area contributed by atoms with Gasteiger partial charge in [0.2, 0.25) is 0 Å². The summed E-state index contributed by atoms with van der Waals surface area (Å²) < 4.78 is 18.8. The van der Waals surface area contributed by atoms with E-state index in [1.165, 1.54) is 10.4 Å². The van der Waals surface area contributed by atoms with Gasteiger partial charge in [-0.3, -0.25) is 0 Å². The van der Waals surface area contributed by atoms with Crippen LogP contribution in [0.4, 0.5) is 0 Å². The van der Waals surface area contributed by atoms with Crippen LogP contribution in [-0.2, 0) is 15.8 Å². The maximum Gasteiger partial charge on any atom is 0.261 e. The number of methoxy groups -OCH3 is 1. The highest BCUT2D eigenvalue weighted by molar-refractivity contribution is 6.99. The van der Waals surface area contributed by atoms with E-state index in [1.807, 2.05) is 24.3 Å². The summed E-state index contributed by atoms with van der Waals surface area (Å²) in [6.45, 7) is 10.4. The Bertz CT molecular complexity index is 976. The van der Waals surface area contributed by atoms with Gasteiger partial charge < -0.3 is 19.0 Å². The third-order valence-corrected chi connectivity index (χ3v) is 11.9. The van der Waals surface area contributed by atoms with Crippen LogP contribution in [0.1, 0.15) is 46.1 Å². The van der Waals surface area contributed by atoms with Crippen LogP contribution in [0.5, 0.6) is 5.75 Å². The maximum atomic E-state index is 9.51. The zero-order valence-corrected chi connectivity index (χ0v) is 23.4. The average Bonchev–Trinajstić information content (AvgIpc) is 2.89. The molecule has 1 N–H and O–H groups in total. The largest absolute Gasteiger partial charge is 0.497 e. The van der Waals surface area contributed by atoms with E-state index in [9.17, 15) is 5.11 Å². The number of aliphatic hydroxyl groups excluding tert-OH is 1. The molecule has 0 saturated heterocycles. The predicted molar refractivity (Wildman–Crippen MR) is 151 cm³/mol. The molecule has 0 saturated carbocycles. The third-order valence-electron chi connectivity index (χ3n) is 6.88. The van der Waals surface area contributed by atoms with Gasteiger partial charge in [-0.25, -0.2) is 0 Å². The standard InChI is InChI=1S/C31H42O4Si/c1-25(30(17-12-22-32)34-24-26-18-20-27(33-5)21-19-26)23-35-36(31(2,3)4,28-13-8-6-9-14-28)29-15-10-7-11-16-29/h6-11,13-16,18-21,25,30,32H,12,17,22-24H2,1-5H3/t25-,30-/m0/s1. The Labute approximate surface area is 218 Å². The Morgan fingerprint density at radius 2 is 1.39 bits per heavy atom. The number of hydrogen-bond donors (Lipinski definition) is 1. The highest BCUT2D eigenvalue weighted by atomic mass is 28.4. The molecule has 0 amide bonds. The molecule has 0 aliphatic carbocycles. The van der Waals surface area contributed by atoms with Crippen molar-refractivity contribution in [3.63, 3.8) is 0 Å². The summed E-state index contributed by atoms with van der Waals surface area (Å²) in [7, 11) is -0.935. The fraction of sp³-hybridized carbons (Fsp3) is 0.419. The van der Waals surface area contributed by atoms with Crippen molar-refractivity contribution in [2.75, 3.05) is 20.3 Å². The Balaban J connectivity index is 1.83. The first kappa shape index (κ1) is 28.1. The van der Waals surface area contributed by atoms with Crippen molar-refractivity contribution in [3.8, 4) is 5.75 Å². The molecule has 2 atom stereocenters. The van der Waals surface area contributed by atoms with E-state index in [1.54, 1.807) is 7.11 Å². The highest BCUT2D eigenvalue weighted by Crippen LogP contribution is 2.37. The molecule has 0 aliphatic rings. The molecule has 0 radical (unpaired) electrons. The van der Waals surface area contributed by atoms with Crippen molar-refractivity contribution >= 4 is 18.7 Å². The molecule has 36 heavy (non-hydrogen) atoms. The van der Waals surface area contributed by atoms with Gasteiger partial charge in [0, 0.05) is 19.1 Å². The molecule has 4 nitrogen and oxygen atoms in total. The van der Waals surface area contributed by atoms with Gasteiger partial charge in [-0.1, -0.05) is 100 Å². The molecule has 0 bridgehead atoms. The molecule has 3 rings (SSSR count). The van der Waals surface area contributed by atoms with Crippen molar-refractivity contribution in [1.29, 1.82) is 0 Å². The zero-order valence-electron chi connectivity index (χ0n) is 22.4. The molecule has 3 aromatic carbocycles. The molecule has 0 aromatic heterocycles. The fourth-order valence-electron chi connectivity index (χ4n) is 4.87. The van der Waals surface area contributed by atoms with Crippen LogP contribution in [0.2, 0.25) is 5.04 Å². The van der Waals surface area contributed by atoms with Gasteiger partial charge in [0.1, 0.15) is 5.75 Å². The normalized spacial score (nSPS) is 13.8. The number of aliphatic hydroxyl groups is 1. The average molecular weight is 507 g/mol. The van der Waals surface area contributed by atoms with E-state index >= 15 is 0 Å². The van der Waals surface area contributed by atoms with Gasteiger partial charge in [-0.2, -0.15) is 0 Å². The number of benzene rings is 3. The zero-order chi connectivity index (χ0) is 26.0. The second-order valence-corrected chi connectivity index (χ2v) is 14.8. The number of rotatable bonds is 13. The predicted octanol–water partition coefficient (Wildman–Crippen LogP) is 5.57. The topological polar surface area (TPSA) is 47.9 Å². The minimum atomic E-state index is -2.61. The highest BCUT2D eigenvalue weighted by Gasteiger charge is 2.50. The molecular formula is C31H42O4Si. The summed E-state index contributed by atoms with van der Waals surface area (Å²) in [6.07, 6.45) is 1.48. The summed E-state index contributed by atoms with van der Waals surface area (Å²) >= 11 is 0. The van der Waals surface area contributed by atoms with Gasteiger partial charge in [0.15, 0.2) is 0 Å². The number of hydrogen-bond acceptors (Lipinski definition) is 4. The lowest BCUT2D eigenvalue weighted by Gasteiger charge is -2.44. The van der Waals surface area contributed by atoms with E-state index < -0.39 is 8.32 Å². The van der Waals surface area contributed by atoms with Gasteiger partial charge in [0.25, 0.3) is 8.32 Å². The molecule has 0 spiro atoms.